The summed E-state index contributed by atoms with van der Waals surface area (Å²) in [6, 6.07) is 0. The van der Waals surface area contributed by atoms with Crippen LogP contribution in [-0.4, -0.2) is 9.97 Å². The van der Waals surface area contributed by atoms with Crippen LogP contribution in [0.5, 0.6) is 5.75 Å². The van der Waals surface area contributed by atoms with Crippen molar-refractivity contribution in [3.8, 4) is 5.75 Å². The highest BCUT2D eigenvalue weighted by molar-refractivity contribution is 5.24. The molecule has 1 N–H and O–H groups in total. The van der Waals surface area contributed by atoms with Crippen molar-refractivity contribution < 1.29 is 4.74 Å². The molecule has 4 nitrogen and oxygen atoms in total. The van der Waals surface area contributed by atoms with Crippen LogP contribution in [0.15, 0.2) is 53.3 Å². The molecule has 0 aliphatic carbocycles. The van der Waals surface area contributed by atoms with Gasteiger partial charge in [0.1, 0.15) is 5.76 Å². The van der Waals surface area contributed by atoms with Crippen LogP contribution >= 0.6 is 0 Å². The second-order valence-corrected chi connectivity index (χ2v) is 2.95. The zero-order valence-electron chi connectivity index (χ0n) is 9.31. The van der Waals surface area contributed by atoms with E-state index in [9.17, 15) is 4.79 Å². The van der Waals surface area contributed by atoms with E-state index >= 15 is 0 Å². The summed E-state index contributed by atoms with van der Waals surface area (Å²) in [5.74, 6) is 1.17. The second kappa shape index (κ2) is 6.40. The molecule has 1 aromatic rings. The lowest BCUT2D eigenvalue weighted by molar-refractivity contribution is 0.439. The maximum atomic E-state index is 10.7. The van der Waals surface area contributed by atoms with Gasteiger partial charge in [-0.2, -0.15) is 4.98 Å². The van der Waals surface area contributed by atoms with Crippen LogP contribution in [0.1, 0.15) is 13.8 Å². The summed E-state index contributed by atoms with van der Waals surface area (Å²) in [6.07, 6.45) is 12.1. The summed E-state index contributed by atoms with van der Waals surface area (Å²) >= 11 is 0. The Bertz CT molecular complexity index is 450. The molecule has 1 aromatic heterocycles. The zero-order valence-corrected chi connectivity index (χ0v) is 9.31. The molecule has 0 fully saturated rings. The van der Waals surface area contributed by atoms with Crippen molar-refractivity contribution in [1.82, 2.24) is 9.97 Å². The summed E-state index contributed by atoms with van der Waals surface area (Å²) < 4.78 is 5.50. The van der Waals surface area contributed by atoms with Gasteiger partial charge in [0, 0.05) is 0 Å². The van der Waals surface area contributed by atoms with Gasteiger partial charge in [0.05, 0.1) is 12.4 Å². The SMILES string of the molecule is C\C=C/C=C(\C=C/C)Oc1cnc(=O)[nH]c1. The summed E-state index contributed by atoms with van der Waals surface area (Å²) in [5, 5.41) is 0. The van der Waals surface area contributed by atoms with E-state index in [1.807, 2.05) is 44.2 Å². The first-order valence-corrected chi connectivity index (χ1v) is 4.94. The van der Waals surface area contributed by atoms with Gasteiger partial charge in [0.2, 0.25) is 0 Å². The number of nitrogens with zero attached hydrogens (tertiary/aromatic N) is 1. The third-order valence-corrected chi connectivity index (χ3v) is 1.67. The van der Waals surface area contributed by atoms with Crippen molar-refractivity contribution in [3.63, 3.8) is 0 Å². The molecule has 4 heteroatoms. The number of ether oxygens (including phenoxy) is 1. The summed E-state index contributed by atoms with van der Waals surface area (Å²) in [6.45, 7) is 3.82. The molecule has 0 aliphatic rings. The van der Waals surface area contributed by atoms with Gasteiger partial charge in [0.25, 0.3) is 0 Å². The van der Waals surface area contributed by atoms with Crippen LogP contribution in [0.25, 0.3) is 0 Å². The quantitative estimate of drug-likeness (QED) is 0.622. The minimum atomic E-state index is -0.391. The van der Waals surface area contributed by atoms with Crippen molar-refractivity contribution in [1.29, 1.82) is 0 Å². The molecule has 0 aliphatic heterocycles. The van der Waals surface area contributed by atoms with Gasteiger partial charge in [0.15, 0.2) is 5.75 Å². The number of aromatic amines is 1. The van der Waals surface area contributed by atoms with Crippen LogP contribution in [-0.2, 0) is 0 Å². The number of rotatable bonds is 4. The largest absolute Gasteiger partial charge is 0.454 e. The third-order valence-electron chi connectivity index (χ3n) is 1.67. The molecule has 1 rings (SSSR count). The van der Waals surface area contributed by atoms with E-state index in [1.54, 1.807) is 0 Å². The minimum absolute atomic E-state index is 0.391. The molecule has 0 bridgehead atoms. The fourth-order valence-electron chi connectivity index (χ4n) is 1.00. The Hall–Kier alpha value is -2.10. The number of allylic oxidation sites excluding steroid dienone is 5. The normalized spacial score (nSPS) is 12.5. The molecule has 0 unspecified atom stereocenters. The van der Waals surface area contributed by atoms with Gasteiger partial charge in [-0.25, -0.2) is 4.79 Å². The monoisotopic (exact) mass is 218 g/mol. The van der Waals surface area contributed by atoms with Crippen molar-refractivity contribution in [2.24, 2.45) is 0 Å². The third kappa shape index (κ3) is 3.96. The lowest BCUT2D eigenvalue weighted by atomic mass is 10.3. The van der Waals surface area contributed by atoms with Crippen LogP contribution < -0.4 is 10.4 Å². The van der Waals surface area contributed by atoms with Crippen LogP contribution in [0.4, 0.5) is 0 Å². The van der Waals surface area contributed by atoms with E-state index in [0.717, 1.165) is 0 Å². The Morgan fingerprint density at radius 1 is 1.44 bits per heavy atom. The van der Waals surface area contributed by atoms with E-state index in [1.165, 1.54) is 12.4 Å². The maximum Gasteiger partial charge on any atom is 0.345 e. The molecule has 0 atom stereocenters. The van der Waals surface area contributed by atoms with Crippen LogP contribution in [0.2, 0.25) is 0 Å². The number of hydrogen-bond donors (Lipinski definition) is 1. The second-order valence-electron chi connectivity index (χ2n) is 2.95. The average molecular weight is 218 g/mol. The van der Waals surface area contributed by atoms with E-state index < -0.39 is 5.69 Å². The molecule has 0 amide bonds. The molecule has 0 spiro atoms. The predicted molar refractivity (Wildman–Crippen MR) is 63.2 cm³/mol. The fourth-order valence-corrected chi connectivity index (χ4v) is 1.00. The first-order valence-electron chi connectivity index (χ1n) is 4.94. The highest BCUT2D eigenvalue weighted by Gasteiger charge is 1.96. The molecule has 1 heterocycles. The number of aromatic nitrogens is 2. The van der Waals surface area contributed by atoms with E-state index in [0.29, 0.717) is 11.5 Å². The molecule has 0 saturated carbocycles. The van der Waals surface area contributed by atoms with Gasteiger partial charge in [-0.1, -0.05) is 18.2 Å². The van der Waals surface area contributed by atoms with Crippen LogP contribution in [0.3, 0.4) is 0 Å². The Morgan fingerprint density at radius 2 is 2.25 bits per heavy atom. The Labute approximate surface area is 94.0 Å². The van der Waals surface area contributed by atoms with Crippen molar-refractivity contribution in [2.75, 3.05) is 0 Å². The molecular formula is C12H14N2O2. The van der Waals surface area contributed by atoms with Crippen LogP contribution in [0, 0.1) is 0 Å². The van der Waals surface area contributed by atoms with Gasteiger partial charge in [-0.15, -0.1) is 0 Å². The summed E-state index contributed by atoms with van der Waals surface area (Å²) in [7, 11) is 0. The lowest BCUT2D eigenvalue weighted by Gasteiger charge is -2.04. The number of H-pyrrole nitrogens is 1. The molecule has 16 heavy (non-hydrogen) atoms. The first-order chi connectivity index (χ1) is 7.76. The average Bonchev–Trinajstić information content (AvgIpc) is 2.29. The molecule has 0 saturated heterocycles. The van der Waals surface area contributed by atoms with E-state index in [4.69, 9.17) is 4.74 Å². The number of nitrogens with one attached hydrogen (secondary N) is 1. The standard InChI is InChI=1S/C12H14N2O2/c1-3-5-7-10(6-4-2)16-11-8-13-12(15)14-9-11/h3-9H,1-2H3,(H,13,14,15)/b5-3-,6-4-,10-7+. The predicted octanol–water partition coefficient (Wildman–Crippen LogP) is 2.18. The van der Waals surface area contributed by atoms with Gasteiger partial charge < -0.3 is 9.72 Å². The first kappa shape index (κ1) is 12.0. The molecule has 0 aromatic carbocycles. The van der Waals surface area contributed by atoms with Gasteiger partial charge >= 0.3 is 5.69 Å². The van der Waals surface area contributed by atoms with Crippen molar-refractivity contribution >= 4 is 0 Å². The Morgan fingerprint density at radius 3 is 2.81 bits per heavy atom. The topological polar surface area (TPSA) is 55.0 Å². The van der Waals surface area contributed by atoms with Crippen molar-refractivity contribution in [3.05, 3.63) is 59.0 Å². The fraction of sp³-hybridized carbons (Fsp3) is 0.167. The number of hydrogen-bond acceptors (Lipinski definition) is 3. The van der Waals surface area contributed by atoms with Gasteiger partial charge in [-0.05, 0) is 26.0 Å². The molecule has 84 valence electrons. The Kier molecular flexibility index (Phi) is 4.79. The lowest BCUT2D eigenvalue weighted by Crippen LogP contribution is -2.08. The minimum Gasteiger partial charge on any atom is -0.454 e. The van der Waals surface area contributed by atoms with E-state index in [2.05, 4.69) is 9.97 Å². The van der Waals surface area contributed by atoms with Crippen molar-refractivity contribution in [2.45, 2.75) is 13.8 Å². The van der Waals surface area contributed by atoms with Gasteiger partial charge in [-0.3, -0.25) is 0 Å². The highest BCUT2D eigenvalue weighted by Crippen LogP contribution is 2.10. The molecule has 0 radical (unpaired) electrons. The van der Waals surface area contributed by atoms with E-state index in [-0.39, 0.29) is 0 Å². The molecular weight excluding hydrogens is 204 g/mol. The summed E-state index contributed by atoms with van der Waals surface area (Å²) in [4.78, 5) is 16.8. The highest BCUT2D eigenvalue weighted by atomic mass is 16.5. The zero-order chi connectivity index (χ0) is 11.8. The summed E-state index contributed by atoms with van der Waals surface area (Å²) in [5.41, 5.74) is -0.391. The smallest absolute Gasteiger partial charge is 0.345 e. The maximum absolute atomic E-state index is 10.7. The Balaban J connectivity index is 2.83.